The zero-order chi connectivity index (χ0) is 16.8. The third kappa shape index (κ3) is 4.13. The Balaban J connectivity index is 1.68. The summed E-state index contributed by atoms with van der Waals surface area (Å²) in [5.74, 6) is 0. The van der Waals surface area contributed by atoms with Crippen LogP contribution in [0.2, 0.25) is 0 Å². The van der Waals surface area contributed by atoms with Crippen LogP contribution in [0.4, 0.5) is 10.5 Å². The fourth-order valence-electron chi connectivity index (χ4n) is 2.70. The Morgan fingerprint density at radius 1 is 1.12 bits per heavy atom. The van der Waals surface area contributed by atoms with Gasteiger partial charge >= 0.3 is 6.03 Å². The maximum absolute atomic E-state index is 12.5. The highest BCUT2D eigenvalue weighted by molar-refractivity contribution is 5.94. The second-order valence-electron chi connectivity index (χ2n) is 5.79. The highest BCUT2D eigenvalue weighted by Gasteiger charge is 2.19. The van der Waals surface area contributed by atoms with Gasteiger partial charge in [0.05, 0.1) is 38.2 Å². The van der Waals surface area contributed by atoms with Crippen LogP contribution in [0.3, 0.4) is 0 Å². The molecule has 24 heavy (non-hydrogen) atoms. The number of carbonyl (C=O) groups is 1. The number of likely N-dealkylation sites (N-methyl/N-ethyl adjacent to an activating group) is 1. The number of urea groups is 1. The van der Waals surface area contributed by atoms with Crippen LogP contribution in [-0.2, 0) is 9.47 Å². The average molecular weight is 326 g/mol. The molecule has 1 fully saturated rings. The lowest BCUT2D eigenvalue weighted by Gasteiger charge is -2.27. The predicted molar refractivity (Wildman–Crippen MR) is 94.1 cm³/mol. The first-order valence-corrected chi connectivity index (χ1v) is 8.10. The summed E-state index contributed by atoms with van der Waals surface area (Å²) in [6.45, 7) is 2.23. The monoisotopic (exact) mass is 326 g/mol. The molecule has 1 atom stereocenters. The van der Waals surface area contributed by atoms with Gasteiger partial charge in [-0.3, -0.25) is 0 Å². The molecule has 0 aliphatic carbocycles. The molecule has 2 aromatic carbocycles. The highest BCUT2D eigenvalue weighted by atomic mass is 16.6. The second kappa shape index (κ2) is 7.95. The van der Waals surface area contributed by atoms with Crippen LogP contribution in [-0.4, -0.2) is 50.4 Å². The summed E-state index contributed by atoms with van der Waals surface area (Å²) in [5, 5.41) is 2.99. The molecule has 3 rings (SSSR count). The van der Waals surface area contributed by atoms with Crippen LogP contribution >= 0.6 is 0 Å². The van der Waals surface area contributed by atoms with Crippen LogP contribution in [0.25, 0.3) is 11.1 Å². The first kappa shape index (κ1) is 16.5. The largest absolute Gasteiger partial charge is 0.376 e. The summed E-state index contributed by atoms with van der Waals surface area (Å²) in [7, 11) is 1.76. The van der Waals surface area contributed by atoms with E-state index in [9.17, 15) is 4.79 Å². The molecular weight excluding hydrogens is 304 g/mol. The van der Waals surface area contributed by atoms with Crippen LogP contribution in [0.15, 0.2) is 54.6 Å². The Morgan fingerprint density at radius 2 is 1.88 bits per heavy atom. The van der Waals surface area contributed by atoms with E-state index in [1.807, 2.05) is 54.6 Å². The Kier molecular flexibility index (Phi) is 5.46. The lowest BCUT2D eigenvalue weighted by Crippen LogP contribution is -2.42. The fourth-order valence-corrected chi connectivity index (χ4v) is 2.70. The van der Waals surface area contributed by atoms with Gasteiger partial charge in [0.25, 0.3) is 0 Å². The number of para-hydroxylation sites is 1. The van der Waals surface area contributed by atoms with E-state index in [-0.39, 0.29) is 12.1 Å². The molecule has 1 unspecified atom stereocenters. The average Bonchev–Trinajstić information content (AvgIpc) is 2.63. The van der Waals surface area contributed by atoms with Gasteiger partial charge in [-0.05, 0) is 11.6 Å². The Hall–Kier alpha value is -2.37. The van der Waals surface area contributed by atoms with Gasteiger partial charge in [-0.2, -0.15) is 0 Å². The van der Waals surface area contributed by atoms with Crippen molar-refractivity contribution in [3.8, 4) is 11.1 Å². The lowest BCUT2D eigenvalue weighted by molar-refractivity contribution is -0.0925. The SMILES string of the molecule is CN(CC1COCCO1)C(=O)Nc1ccccc1-c1ccccc1. The smallest absolute Gasteiger partial charge is 0.321 e. The third-order valence-corrected chi connectivity index (χ3v) is 3.96. The van der Waals surface area contributed by atoms with E-state index in [4.69, 9.17) is 9.47 Å². The van der Waals surface area contributed by atoms with Gasteiger partial charge in [-0.15, -0.1) is 0 Å². The number of benzene rings is 2. The number of anilines is 1. The minimum atomic E-state index is -0.160. The molecule has 2 aromatic rings. The van der Waals surface area contributed by atoms with E-state index in [0.717, 1.165) is 16.8 Å². The van der Waals surface area contributed by atoms with E-state index < -0.39 is 0 Å². The Bertz CT molecular complexity index is 669. The summed E-state index contributed by atoms with van der Waals surface area (Å²) in [6.07, 6.45) is -0.0705. The van der Waals surface area contributed by atoms with Crippen molar-refractivity contribution >= 4 is 11.7 Å². The van der Waals surface area contributed by atoms with Gasteiger partial charge in [0, 0.05) is 12.6 Å². The maximum atomic E-state index is 12.5. The van der Waals surface area contributed by atoms with E-state index in [1.54, 1.807) is 11.9 Å². The molecule has 0 bridgehead atoms. The summed E-state index contributed by atoms with van der Waals surface area (Å²) in [4.78, 5) is 14.1. The van der Waals surface area contributed by atoms with E-state index in [1.165, 1.54) is 0 Å². The van der Waals surface area contributed by atoms with Crippen molar-refractivity contribution in [1.29, 1.82) is 0 Å². The molecule has 5 heteroatoms. The summed E-state index contributed by atoms with van der Waals surface area (Å²) in [6, 6.07) is 17.6. The van der Waals surface area contributed by atoms with E-state index in [2.05, 4.69) is 5.32 Å². The summed E-state index contributed by atoms with van der Waals surface area (Å²) in [5.41, 5.74) is 2.86. The molecule has 5 nitrogen and oxygen atoms in total. The number of hydrogen-bond acceptors (Lipinski definition) is 3. The number of rotatable bonds is 4. The number of nitrogens with one attached hydrogen (secondary N) is 1. The second-order valence-corrected chi connectivity index (χ2v) is 5.79. The molecule has 1 N–H and O–H groups in total. The molecule has 0 spiro atoms. The number of ether oxygens (including phenoxy) is 2. The zero-order valence-corrected chi connectivity index (χ0v) is 13.8. The fraction of sp³-hybridized carbons (Fsp3) is 0.316. The van der Waals surface area contributed by atoms with Crippen molar-refractivity contribution in [2.45, 2.75) is 6.10 Å². The standard InChI is InChI=1S/C19H22N2O3/c1-21(13-16-14-23-11-12-24-16)19(22)20-18-10-6-5-9-17(18)15-7-3-2-4-8-15/h2-10,16H,11-14H2,1H3,(H,20,22). The molecule has 126 valence electrons. The minimum Gasteiger partial charge on any atom is -0.376 e. The molecule has 1 aliphatic heterocycles. The number of nitrogens with zero attached hydrogens (tertiary/aromatic N) is 1. The summed E-state index contributed by atoms with van der Waals surface area (Å²) < 4.78 is 11.0. The predicted octanol–water partition coefficient (Wildman–Crippen LogP) is 3.23. The van der Waals surface area contributed by atoms with Crippen molar-refractivity contribution in [2.24, 2.45) is 0 Å². The van der Waals surface area contributed by atoms with Crippen molar-refractivity contribution in [2.75, 3.05) is 38.7 Å². The number of carbonyl (C=O) groups excluding carboxylic acids is 1. The van der Waals surface area contributed by atoms with Gasteiger partial charge in [0.1, 0.15) is 0 Å². The molecule has 0 radical (unpaired) electrons. The molecule has 1 saturated heterocycles. The van der Waals surface area contributed by atoms with Crippen molar-refractivity contribution in [1.82, 2.24) is 4.90 Å². The van der Waals surface area contributed by atoms with Crippen LogP contribution in [0.5, 0.6) is 0 Å². The lowest BCUT2D eigenvalue weighted by atomic mass is 10.0. The number of amides is 2. The van der Waals surface area contributed by atoms with E-state index >= 15 is 0 Å². The van der Waals surface area contributed by atoms with Crippen molar-refractivity contribution < 1.29 is 14.3 Å². The number of hydrogen-bond donors (Lipinski definition) is 1. The van der Waals surface area contributed by atoms with Crippen LogP contribution < -0.4 is 5.32 Å². The van der Waals surface area contributed by atoms with Gasteiger partial charge in [-0.1, -0.05) is 48.5 Å². The van der Waals surface area contributed by atoms with E-state index in [0.29, 0.717) is 26.4 Å². The molecular formula is C19H22N2O3. The minimum absolute atomic E-state index is 0.0705. The quantitative estimate of drug-likeness (QED) is 0.938. The zero-order valence-electron chi connectivity index (χ0n) is 13.8. The van der Waals surface area contributed by atoms with Gasteiger partial charge in [0.2, 0.25) is 0 Å². The Morgan fingerprint density at radius 3 is 2.62 bits per heavy atom. The first-order chi connectivity index (χ1) is 11.7. The van der Waals surface area contributed by atoms with Gasteiger partial charge in [0.15, 0.2) is 0 Å². The van der Waals surface area contributed by atoms with Crippen LogP contribution in [0, 0.1) is 0 Å². The topological polar surface area (TPSA) is 50.8 Å². The normalized spacial score (nSPS) is 17.3. The van der Waals surface area contributed by atoms with Gasteiger partial charge < -0.3 is 19.7 Å². The molecule has 0 aromatic heterocycles. The van der Waals surface area contributed by atoms with Crippen LogP contribution in [0.1, 0.15) is 0 Å². The van der Waals surface area contributed by atoms with Crippen molar-refractivity contribution in [3.63, 3.8) is 0 Å². The third-order valence-electron chi connectivity index (χ3n) is 3.96. The first-order valence-electron chi connectivity index (χ1n) is 8.10. The molecule has 2 amide bonds. The molecule has 0 saturated carbocycles. The Labute approximate surface area is 142 Å². The highest BCUT2D eigenvalue weighted by Crippen LogP contribution is 2.27. The maximum Gasteiger partial charge on any atom is 0.321 e. The van der Waals surface area contributed by atoms with Crippen molar-refractivity contribution in [3.05, 3.63) is 54.6 Å². The summed E-state index contributed by atoms with van der Waals surface area (Å²) >= 11 is 0. The molecule has 1 heterocycles. The molecule has 1 aliphatic rings. The van der Waals surface area contributed by atoms with Gasteiger partial charge in [-0.25, -0.2) is 4.79 Å².